The Morgan fingerprint density at radius 2 is 1.61 bits per heavy atom. The maximum atomic E-state index is 13.4. The van der Waals surface area contributed by atoms with Gasteiger partial charge in [0.1, 0.15) is 17.3 Å². The van der Waals surface area contributed by atoms with Crippen LogP contribution >= 0.6 is 0 Å². The van der Waals surface area contributed by atoms with E-state index in [1.165, 1.54) is 0 Å². The first kappa shape index (κ1) is 23.7. The summed E-state index contributed by atoms with van der Waals surface area (Å²) in [5.74, 6) is 3.58. The molecule has 3 aromatic rings. The number of fused-ring (bicyclic) bond motifs is 2. The largest absolute Gasteiger partial charge is 0.493 e. The number of benzene rings is 3. The van der Waals surface area contributed by atoms with Crippen molar-refractivity contribution in [3.05, 3.63) is 76.9 Å². The fraction of sp³-hybridized carbons (Fsp3) is 0.310. The number of amides is 1. The molecule has 1 fully saturated rings. The predicted octanol–water partition coefficient (Wildman–Crippen LogP) is 5.35. The maximum absolute atomic E-state index is 13.4. The van der Waals surface area contributed by atoms with Gasteiger partial charge in [-0.1, -0.05) is 17.7 Å². The normalized spacial score (nSPS) is 15.1. The molecule has 0 atom stereocenters. The van der Waals surface area contributed by atoms with Gasteiger partial charge in [-0.15, -0.1) is 0 Å². The molecule has 0 unspecified atom stereocenters. The number of hydrogen-bond donors (Lipinski definition) is 0. The van der Waals surface area contributed by atoms with Crippen LogP contribution in [0.15, 0.2) is 59.6 Å². The molecule has 2 heterocycles. The van der Waals surface area contributed by atoms with E-state index in [4.69, 9.17) is 19.2 Å². The molecule has 0 bridgehead atoms. The van der Waals surface area contributed by atoms with E-state index in [0.29, 0.717) is 36.7 Å². The molecule has 7 heteroatoms. The minimum atomic E-state index is -0.0130. The maximum Gasteiger partial charge on any atom is 0.254 e. The lowest BCUT2D eigenvalue weighted by Crippen LogP contribution is -2.37. The number of aryl methyl sites for hydroxylation is 2. The highest BCUT2D eigenvalue weighted by Crippen LogP contribution is 2.39. The van der Waals surface area contributed by atoms with Crippen LogP contribution in [0.5, 0.6) is 23.0 Å². The summed E-state index contributed by atoms with van der Waals surface area (Å²) in [7, 11) is 3.16. The first-order valence-corrected chi connectivity index (χ1v) is 12.2. The van der Waals surface area contributed by atoms with Crippen LogP contribution in [0.25, 0.3) is 0 Å². The third-order valence-corrected chi connectivity index (χ3v) is 6.65. The van der Waals surface area contributed by atoms with Gasteiger partial charge in [0.05, 0.1) is 19.8 Å². The first-order valence-electron chi connectivity index (χ1n) is 12.2. The lowest BCUT2D eigenvalue weighted by atomic mass is 10.1. The minimum Gasteiger partial charge on any atom is -0.493 e. The van der Waals surface area contributed by atoms with Crippen LogP contribution in [0, 0.1) is 13.8 Å². The van der Waals surface area contributed by atoms with E-state index in [0.717, 1.165) is 52.7 Å². The summed E-state index contributed by atoms with van der Waals surface area (Å²) in [4.78, 5) is 22.6. The van der Waals surface area contributed by atoms with Crippen molar-refractivity contribution in [3.63, 3.8) is 0 Å². The zero-order valence-electron chi connectivity index (χ0n) is 21.2. The molecule has 0 spiro atoms. The molecule has 2 aliphatic rings. The average Bonchev–Trinajstić information content (AvgIpc) is 3.22. The summed E-state index contributed by atoms with van der Waals surface area (Å²) in [6.45, 7) is 6.86. The lowest BCUT2D eigenvalue weighted by molar-refractivity contribution is 0.0763. The van der Waals surface area contributed by atoms with Gasteiger partial charge in [-0.3, -0.25) is 4.79 Å². The van der Waals surface area contributed by atoms with Crippen molar-refractivity contribution in [2.75, 3.05) is 40.4 Å². The van der Waals surface area contributed by atoms with Crippen molar-refractivity contribution in [2.45, 2.75) is 20.3 Å². The quantitative estimate of drug-likeness (QED) is 0.500. The molecule has 0 aromatic heterocycles. The average molecular weight is 486 g/mol. The number of amidine groups is 1. The summed E-state index contributed by atoms with van der Waals surface area (Å²) in [5, 5.41) is 0. The third-order valence-electron chi connectivity index (χ3n) is 6.65. The highest BCUT2D eigenvalue weighted by atomic mass is 16.5. The van der Waals surface area contributed by atoms with Gasteiger partial charge in [0, 0.05) is 31.7 Å². The second-order valence-corrected chi connectivity index (χ2v) is 9.21. The molecular weight excluding hydrogens is 454 g/mol. The SMILES string of the molecule is COc1ccc(C(=O)N2CCCN(C3=Nc4ccc(C)cc4Oc4ccc(C)cc43)CC2)cc1OC. The summed E-state index contributed by atoms with van der Waals surface area (Å²) in [6, 6.07) is 17.6. The van der Waals surface area contributed by atoms with Crippen LogP contribution in [0.2, 0.25) is 0 Å². The minimum absolute atomic E-state index is 0.0130. The van der Waals surface area contributed by atoms with Crippen molar-refractivity contribution < 1.29 is 19.0 Å². The lowest BCUT2D eigenvalue weighted by Gasteiger charge is -2.25. The zero-order chi connectivity index (χ0) is 25.2. The van der Waals surface area contributed by atoms with E-state index >= 15 is 0 Å². The molecule has 1 amide bonds. The monoisotopic (exact) mass is 485 g/mol. The molecular formula is C29H31N3O4. The van der Waals surface area contributed by atoms with Crippen molar-refractivity contribution >= 4 is 17.4 Å². The van der Waals surface area contributed by atoms with Crippen LogP contribution in [0.1, 0.15) is 33.5 Å². The molecule has 7 nitrogen and oxygen atoms in total. The molecule has 3 aromatic carbocycles. The summed E-state index contributed by atoms with van der Waals surface area (Å²) >= 11 is 0. The molecule has 1 saturated heterocycles. The molecule has 186 valence electrons. The number of carbonyl (C=O) groups excluding carboxylic acids is 1. The highest BCUT2D eigenvalue weighted by molar-refractivity contribution is 6.04. The summed E-state index contributed by atoms with van der Waals surface area (Å²) < 4.78 is 17.0. The van der Waals surface area contributed by atoms with Gasteiger partial charge in [0.25, 0.3) is 5.91 Å². The number of hydrogen-bond acceptors (Lipinski definition) is 6. The fourth-order valence-electron chi connectivity index (χ4n) is 4.72. The van der Waals surface area contributed by atoms with E-state index in [1.807, 2.05) is 30.0 Å². The second kappa shape index (κ2) is 9.93. The van der Waals surface area contributed by atoms with Crippen molar-refractivity contribution in [1.82, 2.24) is 9.80 Å². The summed E-state index contributed by atoms with van der Waals surface area (Å²) in [6.07, 6.45) is 0.834. The number of carbonyl (C=O) groups is 1. The molecule has 5 rings (SSSR count). The Balaban J connectivity index is 1.43. The number of ether oxygens (including phenoxy) is 3. The Labute approximate surface area is 211 Å². The number of nitrogens with zero attached hydrogens (tertiary/aromatic N) is 3. The van der Waals surface area contributed by atoms with Gasteiger partial charge in [-0.25, -0.2) is 4.99 Å². The predicted molar refractivity (Wildman–Crippen MR) is 140 cm³/mol. The Bertz CT molecular complexity index is 1330. The molecule has 0 saturated carbocycles. The van der Waals surface area contributed by atoms with E-state index in [9.17, 15) is 4.79 Å². The van der Waals surface area contributed by atoms with Crippen LogP contribution in [0.4, 0.5) is 5.69 Å². The van der Waals surface area contributed by atoms with E-state index in [1.54, 1.807) is 32.4 Å². The smallest absolute Gasteiger partial charge is 0.254 e. The third kappa shape index (κ3) is 4.61. The van der Waals surface area contributed by atoms with Gasteiger partial charge in [-0.2, -0.15) is 0 Å². The van der Waals surface area contributed by atoms with Gasteiger partial charge < -0.3 is 24.0 Å². The summed E-state index contributed by atoms with van der Waals surface area (Å²) in [5.41, 5.74) is 4.65. The van der Waals surface area contributed by atoms with Gasteiger partial charge in [0.2, 0.25) is 0 Å². The van der Waals surface area contributed by atoms with Crippen LogP contribution in [0.3, 0.4) is 0 Å². The number of aliphatic imine (C=N–C) groups is 1. The topological polar surface area (TPSA) is 63.6 Å². The zero-order valence-corrected chi connectivity index (χ0v) is 21.2. The van der Waals surface area contributed by atoms with Crippen molar-refractivity contribution in [1.29, 1.82) is 0 Å². The Kier molecular flexibility index (Phi) is 6.55. The molecule has 0 aliphatic carbocycles. The fourth-order valence-corrected chi connectivity index (χ4v) is 4.72. The van der Waals surface area contributed by atoms with E-state index in [-0.39, 0.29) is 5.91 Å². The molecule has 36 heavy (non-hydrogen) atoms. The van der Waals surface area contributed by atoms with Crippen molar-refractivity contribution in [2.24, 2.45) is 4.99 Å². The van der Waals surface area contributed by atoms with E-state index < -0.39 is 0 Å². The van der Waals surface area contributed by atoms with Crippen LogP contribution < -0.4 is 14.2 Å². The second-order valence-electron chi connectivity index (χ2n) is 9.21. The number of methoxy groups -OCH3 is 2. The van der Waals surface area contributed by atoms with Gasteiger partial charge >= 0.3 is 0 Å². The Morgan fingerprint density at radius 1 is 0.833 bits per heavy atom. The van der Waals surface area contributed by atoms with Crippen molar-refractivity contribution in [3.8, 4) is 23.0 Å². The van der Waals surface area contributed by atoms with Crippen LogP contribution in [-0.2, 0) is 0 Å². The van der Waals surface area contributed by atoms with Gasteiger partial charge in [0.15, 0.2) is 17.2 Å². The molecule has 0 N–H and O–H groups in total. The Morgan fingerprint density at radius 3 is 2.42 bits per heavy atom. The molecule has 2 aliphatic heterocycles. The highest BCUT2D eigenvalue weighted by Gasteiger charge is 2.27. The van der Waals surface area contributed by atoms with Gasteiger partial charge in [-0.05, 0) is 68.3 Å². The van der Waals surface area contributed by atoms with E-state index in [2.05, 4.69) is 30.0 Å². The van der Waals surface area contributed by atoms with Crippen LogP contribution in [-0.4, -0.2) is 61.9 Å². The standard InChI is InChI=1S/C29H31N3O4/c1-19-7-10-24-22(16-19)28(30-23-9-6-20(2)17-26(23)36-24)31-12-5-13-32(15-14-31)29(33)21-8-11-25(34-3)27(18-21)35-4/h6-11,16-18H,5,12-15H2,1-4H3. The molecule has 0 radical (unpaired) electrons. The Hall–Kier alpha value is -4.00. The first-order chi connectivity index (χ1) is 17.5. The number of rotatable bonds is 3.